The van der Waals surface area contributed by atoms with Gasteiger partial charge in [0, 0.05) is 17.8 Å². The first kappa shape index (κ1) is 10.7. The molecule has 19 heavy (non-hydrogen) atoms. The van der Waals surface area contributed by atoms with E-state index in [1.54, 1.807) is 0 Å². The zero-order valence-electron chi connectivity index (χ0n) is 10.6. The number of para-hydroxylation sites is 2. The molecule has 0 aromatic heterocycles. The Bertz CT molecular complexity index is 599. The topological polar surface area (TPSA) is 33.3 Å². The molecule has 0 saturated heterocycles. The van der Waals surface area contributed by atoms with Gasteiger partial charge >= 0.3 is 0 Å². The fraction of sp³-hybridized carbons (Fsp3) is 0.250. The van der Waals surface area contributed by atoms with E-state index in [1.165, 1.54) is 29.7 Å². The van der Waals surface area contributed by atoms with Crippen molar-refractivity contribution in [3.8, 4) is 5.75 Å². The van der Waals surface area contributed by atoms with Gasteiger partial charge in [-0.1, -0.05) is 24.3 Å². The first-order valence-electron chi connectivity index (χ1n) is 6.79. The Morgan fingerprint density at radius 1 is 1.05 bits per heavy atom. The first-order chi connectivity index (χ1) is 9.40. The molecule has 1 atom stereocenters. The molecule has 2 heterocycles. The number of rotatable bonds is 1. The average molecular weight is 252 g/mol. The van der Waals surface area contributed by atoms with Gasteiger partial charge in [0.05, 0.1) is 5.69 Å². The maximum Gasteiger partial charge on any atom is 0.196 e. The number of anilines is 2. The third-order valence-corrected chi connectivity index (χ3v) is 3.79. The monoisotopic (exact) mass is 252 g/mol. The predicted molar refractivity (Wildman–Crippen MR) is 76.7 cm³/mol. The van der Waals surface area contributed by atoms with Crippen molar-refractivity contribution >= 4 is 11.4 Å². The third-order valence-electron chi connectivity index (χ3n) is 3.79. The van der Waals surface area contributed by atoms with Gasteiger partial charge in [-0.15, -0.1) is 0 Å². The van der Waals surface area contributed by atoms with Crippen molar-refractivity contribution in [3.05, 3.63) is 53.6 Å². The van der Waals surface area contributed by atoms with E-state index in [0.29, 0.717) is 0 Å². The van der Waals surface area contributed by atoms with E-state index in [4.69, 9.17) is 4.74 Å². The highest BCUT2D eigenvalue weighted by Gasteiger charge is 2.23. The number of hydrogen-bond donors (Lipinski definition) is 2. The quantitative estimate of drug-likeness (QED) is 0.814. The van der Waals surface area contributed by atoms with Crippen LogP contribution in [0.2, 0.25) is 0 Å². The summed E-state index contributed by atoms with van der Waals surface area (Å²) in [5.74, 6) is 0.929. The molecule has 3 heteroatoms. The van der Waals surface area contributed by atoms with Crippen LogP contribution in [0.3, 0.4) is 0 Å². The van der Waals surface area contributed by atoms with Gasteiger partial charge in [0.1, 0.15) is 5.75 Å². The fourth-order valence-electron chi connectivity index (χ4n) is 2.78. The predicted octanol–water partition coefficient (Wildman–Crippen LogP) is 3.55. The molecule has 1 unspecified atom stereocenters. The van der Waals surface area contributed by atoms with Gasteiger partial charge in [-0.2, -0.15) is 0 Å². The van der Waals surface area contributed by atoms with E-state index in [0.717, 1.165) is 18.0 Å². The fourth-order valence-corrected chi connectivity index (χ4v) is 2.78. The minimum absolute atomic E-state index is 0.0774. The van der Waals surface area contributed by atoms with Crippen LogP contribution in [0.5, 0.6) is 5.75 Å². The van der Waals surface area contributed by atoms with Crippen LogP contribution in [0, 0.1) is 0 Å². The highest BCUT2D eigenvalue weighted by atomic mass is 16.5. The number of ether oxygens (including phenoxy) is 1. The van der Waals surface area contributed by atoms with E-state index < -0.39 is 0 Å². The summed E-state index contributed by atoms with van der Waals surface area (Å²) in [5.41, 5.74) is 4.90. The Morgan fingerprint density at radius 2 is 2.00 bits per heavy atom. The Balaban J connectivity index is 1.64. The lowest BCUT2D eigenvalue weighted by molar-refractivity contribution is 0.260. The molecule has 2 aliphatic heterocycles. The van der Waals surface area contributed by atoms with Crippen LogP contribution in [0.15, 0.2) is 42.5 Å². The maximum atomic E-state index is 5.95. The molecule has 0 amide bonds. The summed E-state index contributed by atoms with van der Waals surface area (Å²) < 4.78 is 5.95. The van der Waals surface area contributed by atoms with Crippen LogP contribution in [0.1, 0.15) is 23.8 Å². The summed E-state index contributed by atoms with van der Waals surface area (Å²) in [5, 5.41) is 6.87. The van der Waals surface area contributed by atoms with Gasteiger partial charge in [-0.25, -0.2) is 0 Å². The van der Waals surface area contributed by atoms with Crippen LogP contribution in [0.25, 0.3) is 0 Å². The second-order valence-corrected chi connectivity index (χ2v) is 5.09. The third kappa shape index (κ3) is 1.82. The van der Waals surface area contributed by atoms with Gasteiger partial charge in [0.25, 0.3) is 0 Å². The normalized spacial score (nSPS) is 19.7. The summed E-state index contributed by atoms with van der Waals surface area (Å²) in [6.45, 7) is 1.07. The van der Waals surface area contributed by atoms with E-state index in [1.807, 2.05) is 24.3 Å². The molecule has 0 radical (unpaired) electrons. The summed E-state index contributed by atoms with van der Waals surface area (Å²) in [6.07, 6.45) is 2.31. The largest absolute Gasteiger partial charge is 0.464 e. The van der Waals surface area contributed by atoms with Gasteiger partial charge in [-0.05, 0) is 36.6 Å². The molecular formula is C16H16N2O. The van der Waals surface area contributed by atoms with E-state index in [9.17, 15) is 0 Å². The SMILES string of the molecule is c1ccc2c(c1)NC(c1ccc3c(c1)NCCC3)O2. The molecule has 2 aliphatic rings. The Hall–Kier alpha value is -2.16. The summed E-state index contributed by atoms with van der Waals surface area (Å²) in [6, 6.07) is 14.6. The minimum atomic E-state index is -0.0774. The molecule has 0 fully saturated rings. The highest BCUT2D eigenvalue weighted by molar-refractivity contribution is 5.62. The number of hydrogen-bond acceptors (Lipinski definition) is 3. The number of fused-ring (bicyclic) bond motifs is 2. The van der Waals surface area contributed by atoms with Crippen molar-refractivity contribution in [1.29, 1.82) is 0 Å². The van der Waals surface area contributed by atoms with Crippen molar-refractivity contribution < 1.29 is 4.74 Å². The Labute approximate surface area is 112 Å². The second kappa shape index (κ2) is 4.19. The molecular weight excluding hydrogens is 236 g/mol. The highest BCUT2D eigenvalue weighted by Crippen LogP contribution is 2.38. The molecule has 2 aromatic rings. The van der Waals surface area contributed by atoms with Crippen molar-refractivity contribution in [3.63, 3.8) is 0 Å². The number of benzene rings is 2. The van der Waals surface area contributed by atoms with Crippen molar-refractivity contribution in [2.75, 3.05) is 17.2 Å². The smallest absolute Gasteiger partial charge is 0.196 e. The van der Waals surface area contributed by atoms with Crippen molar-refractivity contribution in [1.82, 2.24) is 0 Å². The lowest BCUT2D eigenvalue weighted by Crippen LogP contribution is -2.14. The van der Waals surface area contributed by atoms with Crippen LogP contribution in [-0.2, 0) is 6.42 Å². The standard InChI is InChI=1S/C16H16N2O/c1-2-6-15-13(5-1)18-16(19-15)12-8-7-11-4-3-9-17-14(11)10-12/h1-2,5-8,10,16-18H,3-4,9H2. The minimum Gasteiger partial charge on any atom is -0.464 e. The number of aryl methyl sites for hydroxylation is 1. The van der Waals surface area contributed by atoms with Crippen LogP contribution in [0.4, 0.5) is 11.4 Å². The maximum absolute atomic E-state index is 5.95. The van der Waals surface area contributed by atoms with Gasteiger partial charge in [-0.3, -0.25) is 0 Å². The molecule has 2 aromatic carbocycles. The van der Waals surface area contributed by atoms with Crippen molar-refractivity contribution in [2.45, 2.75) is 19.1 Å². The van der Waals surface area contributed by atoms with E-state index in [2.05, 4.69) is 28.8 Å². The molecule has 2 N–H and O–H groups in total. The molecule has 0 bridgehead atoms. The molecule has 96 valence electrons. The van der Waals surface area contributed by atoms with Gasteiger partial charge in [0.2, 0.25) is 0 Å². The van der Waals surface area contributed by atoms with Gasteiger partial charge in [0.15, 0.2) is 6.23 Å². The lowest BCUT2D eigenvalue weighted by atomic mass is 10.0. The zero-order valence-corrected chi connectivity index (χ0v) is 10.6. The van der Waals surface area contributed by atoms with Gasteiger partial charge < -0.3 is 15.4 Å². The Kier molecular flexibility index (Phi) is 2.37. The molecule has 4 rings (SSSR count). The molecule has 0 aliphatic carbocycles. The lowest BCUT2D eigenvalue weighted by Gasteiger charge is -2.20. The average Bonchev–Trinajstić information content (AvgIpc) is 2.90. The second-order valence-electron chi connectivity index (χ2n) is 5.09. The summed E-state index contributed by atoms with van der Waals surface area (Å²) in [4.78, 5) is 0. The first-order valence-corrected chi connectivity index (χ1v) is 6.79. The van der Waals surface area contributed by atoms with Crippen molar-refractivity contribution in [2.24, 2.45) is 0 Å². The van der Waals surface area contributed by atoms with Crippen LogP contribution < -0.4 is 15.4 Å². The zero-order chi connectivity index (χ0) is 12.7. The number of nitrogens with one attached hydrogen (secondary N) is 2. The molecule has 0 spiro atoms. The summed E-state index contributed by atoms with van der Waals surface area (Å²) in [7, 11) is 0. The van der Waals surface area contributed by atoms with Crippen LogP contribution >= 0.6 is 0 Å². The van der Waals surface area contributed by atoms with E-state index >= 15 is 0 Å². The summed E-state index contributed by atoms with van der Waals surface area (Å²) >= 11 is 0. The molecule has 3 nitrogen and oxygen atoms in total. The Morgan fingerprint density at radius 3 is 2.95 bits per heavy atom. The van der Waals surface area contributed by atoms with Crippen LogP contribution in [-0.4, -0.2) is 6.54 Å². The van der Waals surface area contributed by atoms with E-state index in [-0.39, 0.29) is 6.23 Å². The molecule has 0 saturated carbocycles.